The number of nitrogens with two attached hydrogens (primary N) is 1. The van der Waals surface area contributed by atoms with Gasteiger partial charge < -0.3 is 10.6 Å². The SMILES string of the molecule is CC1CCCC(N(C)C(=O)CC(N)C(C)C)C1. The lowest BCUT2D eigenvalue weighted by Crippen LogP contribution is -2.43. The van der Waals surface area contributed by atoms with E-state index in [9.17, 15) is 4.79 Å². The van der Waals surface area contributed by atoms with Crippen molar-refractivity contribution in [2.45, 2.75) is 65.0 Å². The summed E-state index contributed by atoms with van der Waals surface area (Å²) in [5.74, 6) is 1.34. The summed E-state index contributed by atoms with van der Waals surface area (Å²) in [6.45, 7) is 6.42. The van der Waals surface area contributed by atoms with E-state index in [4.69, 9.17) is 5.73 Å². The van der Waals surface area contributed by atoms with E-state index in [1.807, 2.05) is 11.9 Å². The molecular formula is C14H28N2O. The molecule has 1 amide bonds. The van der Waals surface area contributed by atoms with Gasteiger partial charge in [-0.25, -0.2) is 0 Å². The first-order valence-corrected chi connectivity index (χ1v) is 6.93. The van der Waals surface area contributed by atoms with Gasteiger partial charge in [-0.15, -0.1) is 0 Å². The number of carbonyl (C=O) groups is 1. The number of nitrogens with zero attached hydrogens (tertiary/aromatic N) is 1. The van der Waals surface area contributed by atoms with E-state index in [2.05, 4.69) is 20.8 Å². The first-order chi connectivity index (χ1) is 7.91. The monoisotopic (exact) mass is 240 g/mol. The maximum absolute atomic E-state index is 12.1. The zero-order valence-corrected chi connectivity index (χ0v) is 11.8. The van der Waals surface area contributed by atoms with Gasteiger partial charge in [0.2, 0.25) is 5.91 Å². The predicted octanol–water partition coefficient (Wildman–Crippen LogP) is 2.40. The molecule has 0 saturated heterocycles. The molecule has 3 unspecified atom stereocenters. The second-order valence-corrected chi connectivity index (χ2v) is 6.04. The highest BCUT2D eigenvalue weighted by Crippen LogP contribution is 2.27. The Bertz CT molecular complexity index is 253. The molecule has 0 radical (unpaired) electrons. The average molecular weight is 240 g/mol. The van der Waals surface area contributed by atoms with Crippen LogP contribution in [0.5, 0.6) is 0 Å². The number of rotatable bonds is 4. The summed E-state index contributed by atoms with van der Waals surface area (Å²) >= 11 is 0. The Morgan fingerprint density at radius 1 is 1.41 bits per heavy atom. The van der Waals surface area contributed by atoms with Crippen LogP contribution in [0, 0.1) is 11.8 Å². The van der Waals surface area contributed by atoms with Crippen molar-refractivity contribution in [3.05, 3.63) is 0 Å². The Labute approximate surface area is 106 Å². The zero-order chi connectivity index (χ0) is 13.0. The van der Waals surface area contributed by atoms with Crippen molar-refractivity contribution in [2.24, 2.45) is 17.6 Å². The highest BCUT2D eigenvalue weighted by molar-refractivity contribution is 5.76. The molecule has 3 heteroatoms. The minimum atomic E-state index is -0.00837. The molecule has 0 aromatic carbocycles. The van der Waals surface area contributed by atoms with Crippen LogP contribution in [0.15, 0.2) is 0 Å². The Kier molecular flexibility index (Phi) is 5.44. The van der Waals surface area contributed by atoms with Gasteiger partial charge in [0.25, 0.3) is 0 Å². The van der Waals surface area contributed by atoms with Crippen LogP contribution in [0.25, 0.3) is 0 Å². The van der Waals surface area contributed by atoms with Crippen LogP contribution >= 0.6 is 0 Å². The van der Waals surface area contributed by atoms with Crippen molar-refractivity contribution in [3.63, 3.8) is 0 Å². The molecule has 1 aliphatic carbocycles. The first-order valence-electron chi connectivity index (χ1n) is 6.93. The highest BCUT2D eigenvalue weighted by atomic mass is 16.2. The summed E-state index contributed by atoms with van der Waals surface area (Å²) in [5.41, 5.74) is 5.96. The molecule has 17 heavy (non-hydrogen) atoms. The van der Waals surface area contributed by atoms with Crippen molar-refractivity contribution >= 4 is 5.91 Å². The normalized spacial score (nSPS) is 26.9. The Morgan fingerprint density at radius 3 is 2.59 bits per heavy atom. The molecule has 2 N–H and O–H groups in total. The third-order valence-corrected chi connectivity index (χ3v) is 4.12. The van der Waals surface area contributed by atoms with Gasteiger partial charge >= 0.3 is 0 Å². The molecule has 0 spiro atoms. The van der Waals surface area contributed by atoms with Crippen LogP contribution in [0.4, 0.5) is 0 Å². The minimum absolute atomic E-state index is 0.00837. The fourth-order valence-electron chi connectivity index (χ4n) is 2.54. The fourth-order valence-corrected chi connectivity index (χ4v) is 2.54. The van der Waals surface area contributed by atoms with E-state index in [1.165, 1.54) is 12.8 Å². The molecule has 0 bridgehead atoms. The van der Waals surface area contributed by atoms with Crippen molar-refractivity contribution in [3.8, 4) is 0 Å². The lowest BCUT2D eigenvalue weighted by molar-refractivity contribution is -0.133. The number of carbonyl (C=O) groups excluding carboxylic acids is 1. The van der Waals surface area contributed by atoms with Gasteiger partial charge in [0.1, 0.15) is 0 Å². The number of hydrogen-bond acceptors (Lipinski definition) is 2. The molecule has 0 aromatic rings. The topological polar surface area (TPSA) is 46.3 Å². The van der Waals surface area contributed by atoms with E-state index in [0.717, 1.165) is 18.8 Å². The van der Waals surface area contributed by atoms with E-state index >= 15 is 0 Å². The van der Waals surface area contributed by atoms with Crippen molar-refractivity contribution in [2.75, 3.05) is 7.05 Å². The van der Waals surface area contributed by atoms with Gasteiger partial charge in [0.05, 0.1) is 0 Å². The number of hydrogen-bond donors (Lipinski definition) is 1. The van der Waals surface area contributed by atoms with Gasteiger partial charge in [0.15, 0.2) is 0 Å². The summed E-state index contributed by atoms with van der Waals surface area (Å²) in [4.78, 5) is 14.1. The summed E-state index contributed by atoms with van der Waals surface area (Å²) < 4.78 is 0. The van der Waals surface area contributed by atoms with Crippen LogP contribution in [0.1, 0.15) is 52.9 Å². The van der Waals surface area contributed by atoms with Crippen LogP contribution < -0.4 is 5.73 Å². The fraction of sp³-hybridized carbons (Fsp3) is 0.929. The molecule has 1 aliphatic rings. The second-order valence-electron chi connectivity index (χ2n) is 6.04. The van der Waals surface area contributed by atoms with E-state index in [0.29, 0.717) is 18.4 Å². The lowest BCUT2D eigenvalue weighted by atomic mass is 9.86. The standard InChI is InChI=1S/C14H28N2O/c1-10(2)13(15)9-14(17)16(4)12-7-5-6-11(3)8-12/h10-13H,5-9,15H2,1-4H3. The lowest BCUT2D eigenvalue weighted by Gasteiger charge is -2.35. The Morgan fingerprint density at radius 2 is 2.06 bits per heavy atom. The number of amides is 1. The van der Waals surface area contributed by atoms with E-state index < -0.39 is 0 Å². The molecule has 3 atom stereocenters. The Hall–Kier alpha value is -0.570. The molecule has 1 rings (SSSR count). The van der Waals surface area contributed by atoms with Gasteiger partial charge in [-0.05, 0) is 24.7 Å². The molecule has 1 saturated carbocycles. The van der Waals surface area contributed by atoms with Crippen LogP contribution in [0.2, 0.25) is 0 Å². The molecule has 0 aliphatic heterocycles. The average Bonchev–Trinajstić information content (AvgIpc) is 2.27. The zero-order valence-electron chi connectivity index (χ0n) is 11.8. The molecular weight excluding hydrogens is 212 g/mol. The predicted molar refractivity (Wildman–Crippen MR) is 71.6 cm³/mol. The van der Waals surface area contributed by atoms with Gasteiger partial charge in [0, 0.05) is 25.6 Å². The summed E-state index contributed by atoms with van der Waals surface area (Å²) in [5, 5.41) is 0. The second kappa shape index (κ2) is 6.39. The van der Waals surface area contributed by atoms with Crippen LogP contribution in [0.3, 0.4) is 0 Å². The van der Waals surface area contributed by atoms with Gasteiger partial charge in [-0.2, -0.15) is 0 Å². The van der Waals surface area contributed by atoms with Crippen LogP contribution in [-0.4, -0.2) is 29.9 Å². The van der Waals surface area contributed by atoms with Gasteiger partial charge in [-0.3, -0.25) is 4.79 Å². The molecule has 0 heterocycles. The van der Waals surface area contributed by atoms with E-state index in [-0.39, 0.29) is 11.9 Å². The van der Waals surface area contributed by atoms with Crippen LogP contribution in [-0.2, 0) is 4.79 Å². The van der Waals surface area contributed by atoms with Crippen molar-refractivity contribution in [1.82, 2.24) is 4.90 Å². The quantitative estimate of drug-likeness (QED) is 0.820. The summed E-state index contributed by atoms with van der Waals surface area (Å²) in [7, 11) is 1.94. The first kappa shape index (κ1) is 14.5. The maximum atomic E-state index is 12.1. The molecule has 3 nitrogen and oxygen atoms in total. The third kappa shape index (κ3) is 4.30. The third-order valence-electron chi connectivity index (χ3n) is 4.12. The summed E-state index contributed by atoms with van der Waals surface area (Å²) in [6, 6.07) is 0.427. The van der Waals surface area contributed by atoms with Crippen molar-refractivity contribution < 1.29 is 4.79 Å². The van der Waals surface area contributed by atoms with Crippen molar-refractivity contribution in [1.29, 1.82) is 0 Å². The van der Waals surface area contributed by atoms with E-state index in [1.54, 1.807) is 0 Å². The maximum Gasteiger partial charge on any atom is 0.224 e. The summed E-state index contributed by atoms with van der Waals surface area (Å²) in [6.07, 6.45) is 5.35. The van der Waals surface area contributed by atoms with Gasteiger partial charge in [-0.1, -0.05) is 33.6 Å². The smallest absolute Gasteiger partial charge is 0.224 e. The minimum Gasteiger partial charge on any atom is -0.343 e. The highest BCUT2D eigenvalue weighted by Gasteiger charge is 2.26. The largest absolute Gasteiger partial charge is 0.343 e. The Balaban J connectivity index is 2.45. The molecule has 100 valence electrons. The molecule has 0 aromatic heterocycles. The molecule has 1 fully saturated rings.